The molecule has 16 heavy (non-hydrogen) atoms. The summed E-state index contributed by atoms with van der Waals surface area (Å²) < 4.78 is 5.45. The fourth-order valence-corrected chi connectivity index (χ4v) is 1.69. The number of carbonyl (C=O) groups excluding carboxylic acids is 1. The molecule has 1 aliphatic rings. The van der Waals surface area contributed by atoms with Crippen molar-refractivity contribution in [3.05, 3.63) is 24.3 Å². The quantitative estimate of drug-likeness (QED) is 0.535. The number of carbonyl (C=O) groups is 1. The van der Waals surface area contributed by atoms with E-state index in [-0.39, 0.29) is 24.1 Å². The molecule has 1 saturated carbocycles. The Kier molecular flexibility index (Phi) is 5.22. The van der Waals surface area contributed by atoms with E-state index in [1.165, 1.54) is 6.08 Å². The Morgan fingerprint density at radius 3 is 2.88 bits per heavy atom. The van der Waals surface area contributed by atoms with Gasteiger partial charge in [0.05, 0.1) is 12.1 Å². The summed E-state index contributed by atoms with van der Waals surface area (Å²) in [4.78, 5) is 11.5. The van der Waals surface area contributed by atoms with Crippen molar-refractivity contribution in [1.82, 2.24) is 5.32 Å². The summed E-state index contributed by atoms with van der Waals surface area (Å²) in [6.45, 7) is 4.49. The van der Waals surface area contributed by atoms with Crippen LogP contribution in [0.3, 0.4) is 0 Å². The summed E-state index contributed by atoms with van der Waals surface area (Å²) in [5, 5.41) is 2.85. The van der Waals surface area contributed by atoms with E-state index < -0.39 is 0 Å². The lowest BCUT2D eigenvalue weighted by molar-refractivity contribution is -0.121. The molecule has 0 bridgehead atoms. The molecule has 0 aromatic rings. The molecule has 1 rings (SSSR count). The average molecular weight is 224 g/mol. The fourth-order valence-electron chi connectivity index (χ4n) is 1.69. The summed E-state index contributed by atoms with van der Waals surface area (Å²) >= 11 is 0. The normalized spacial score (nSPS) is 29.6. The van der Waals surface area contributed by atoms with Crippen molar-refractivity contribution in [3.63, 3.8) is 0 Å². The first-order valence-electron chi connectivity index (χ1n) is 5.66. The number of hydrogen-bond acceptors (Lipinski definition) is 3. The minimum Gasteiger partial charge on any atom is -0.376 e. The van der Waals surface area contributed by atoms with Crippen molar-refractivity contribution >= 4 is 5.91 Å². The first-order valence-corrected chi connectivity index (χ1v) is 5.66. The lowest BCUT2D eigenvalue weighted by Gasteiger charge is -2.42. The van der Waals surface area contributed by atoms with Crippen LogP contribution in [0.2, 0.25) is 0 Å². The SMILES string of the molecule is CC=CC=CC(=O)NC1C(N)CC1OCC. The first kappa shape index (κ1) is 12.9. The predicted octanol–water partition coefficient (Wildman–Crippen LogP) is 0.740. The highest BCUT2D eigenvalue weighted by atomic mass is 16.5. The summed E-state index contributed by atoms with van der Waals surface area (Å²) in [5.41, 5.74) is 5.81. The molecule has 0 spiro atoms. The van der Waals surface area contributed by atoms with Crippen LogP contribution in [0.25, 0.3) is 0 Å². The van der Waals surface area contributed by atoms with Gasteiger partial charge in [0, 0.05) is 18.7 Å². The van der Waals surface area contributed by atoms with Gasteiger partial charge in [0.1, 0.15) is 0 Å². The Hall–Kier alpha value is -1.13. The predicted molar refractivity (Wildman–Crippen MR) is 63.9 cm³/mol. The van der Waals surface area contributed by atoms with Crippen LogP contribution < -0.4 is 11.1 Å². The number of allylic oxidation sites excluding steroid dienone is 3. The Bertz CT molecular complexity index is 285. The van der Waals surface area contributed by atoms with Gasteiger partial charge in [-0.1, -0.05) is 18.2 Å². The molecule has 3 N–H and O–H groups in total. The molecule has 90 valence electrons. The van der Waals surface area contributed by atoms with Crippen LogP contribution in [-0.4, -0.2) is 30.7 Å². The largest absolute Gasteiger partial charge is 0.376 e. The molecule has 0 heterocycles. The van der Waals surface area contributed by atoms with Gasteiger partial charge >= 0.3 is 0 Å². The maximum absolute atomic E-state index is 11.5. The monoisotopic (exact) mass is 224 g/mol. The lowest BCUT2D eigenvalue weighted by Crippen LogP contribution is -2.64. The number of nitrogens with one attached hydrogen (secondary N) is 1. The average Bonchev–Trinajstić information content (AvgIpc) is 2.26. The van der Waals surface area contributed by atoms with Gasteiger partial charge in [0.25, 0.3) is 0 Å². The highest BCUT2D eigenvalue weighted by molar-refractivity contribution is 5.88. The summed E-state index contributed by atoms with van der Waals surface area (Å²) in [5.74, 6) is -0.122. The van der Waals surface area contributed by atoms with E-state index in [9.17, 15) is 4.79 Å². The van der Waals surface area contributed by atoms with E-state index in [4.69, 9.17) is 10.5 Å². The second-order valence-corrected chi connectivity index (χ2v) is 3.81. The smallest absolute Gasteiger partial charge is 0.244 e. The van der Waals surface area contributed by atoms with E-state index in [0.29, 0.717) is 6.61 Å². The van der Waals surface area contributed by atoms with E-state index >= 15 is 0 Å². The van der Waals surface area contributed by atoms with Crippen molar-refractivity contribution in [2.24, 2.45) is 5.73 Å². The van der Waals surface area contributed by atoms with Crippen LogP contribution >= 0.6 is 0 Å². The van der Waals surface area contributed by atoms with Gasteiger partial charge < -0.3 is 15.8 Å². The highest BCUT2D eigenvalue weighted by Gasteiger charge is 2.39. The molecular formula is C12H20N2O2. The van der Waals surface area contributed by atoms with E-state index in [0.717, 1.165) is 6.42 Å². The van der Waals surface area contributed by atoms with Gasteiger partial charge in [-0.3, -0.25) is 4.79 Å². The number of nitrogens with two attached hydrogens (primary N) is 1. The van der Waals surface area contributed by atoms with Crippen LogP contribution in [-0.2, 0) is 9.53 Å². The number of rotatable bonds is 5. The highest BCUT2D eigenvalue weighted by Crippen LogP contribution is 2.22. The molecule has 0 aliphatic heterocycles. The topological polar surface area (TPSA) is 64.4 Å². The Balaban J connectivity index is 2.37. The van der Waals surface area contributed by atoms with E-state index in [1.807, 2.05) is 19.9 Å². The van der Waals surface area contributed by atoms with Gasteiger partial charge in [-0.15, -0.1) is 0 Å². The zero-order valence-corrected chi connectivity index (χ0v) is 9.85. The molecular weight excluding hydrogens is 204 g/mol. The molecule has 1 amide bonds. The van der Waals surface area contributed by atoms with Crippen LogP contribution in [0, 0.1) is 0 Å². The molecule has 0 radical (unpaired) electrons. The molecule has 4 nitrogen and oxygen atoms in total. The van der Waals surface area contributed by atoms with Gasteiger partial charge in [-0.05, 0) is 20.3 Å². The fraction of sp³-hybridized carbons (Fsp3) is 0.583. The maximum Gasteiger partial charge on any atom is 0.244 e. The molecule has 1 aliphatic carbocycles. The maximum atomic E-state index is 11.5. The summed E-state index contributed by atoms with van der Waals surface area (Å²) in [6.07, 6.45) is 7.75. The van der Waals surface area contributed by atoms with Gasteiger partial charge in [0.2, 0.25) is 5.91 Å². The molecule has 4 heteroatoms. The van der Waals surface area contributed by atoms with E-state index in [2.05, 4.69) is 5.32 Å². The molecule has 3 atom stereocenters. The second kappa shape index (κ2) is 6.45. The van der Waals surface area contributed by atoms with Crippen molar-refractivity contribution in [1.29, 1.82) is 0 Å². The first-order chi connectivity index (χ1) is 7.69. The molecule has 0 saturated heterocycles. The lowest BCUT2D eigenvalue weighted by atomic mass is 9.83. The van der Waals surface area contributed by atoms with Crippen LogP contribution in [0.4, 0.5) is 0 Å². The van der Waals surface area contributed by atoms with Crippen LogP contribution in [0.15, 0.2) is 24.3 Å². The zero-order chi connectivity index (χ0) is 12.0. The standard InChI is InChI=1S/C12H20N2O2/c1-3-5-6-7-11(15)14-12-9(13)8-10(12)16-4-2/h3,5-7,9-10,12H,4,8,13H2,1-2H3,(H,14,15). The number of hydrogen-bond donors (Lipinski definition) is 2. The third kappa shape index (κ3) is 3.47. The second-order valence-electron chi connectivity index (χ2n) is 3.81. The summed E-state index contributed by atoms with van der Waals surface area (Å²) in [7, 11) is 0. The zero-order valence-electron chi connectivity index (χ0n) is 9.85. The van der Waals surface area contributed by atoms with Crippen molar-refractivity contribution in [2.45, 2.75) is 38.5 Å². The molecule has 3 unspecified atom stereocenters. The summed E-state index contributed by atoms with van der Waals surface area (Å²) in [6, 6.07) is -0.0432. The van der Waals surface area contributed by atoms with Crippen LogP contribution in [0.1, 0.15) is 20.3 Å². The van der Waals surface area contributed by atoms with Gasteiger partial charge in [0.15, 0.2) is 0 Å². The van der Waals surface area contributed by atoms with Crippen LogP contribution in [0.5, 0.6) is 0 Å². The third-order valence-corrected chi connectivity index (χ3v) is 2.61. The van der Waals surface area contributed by atoms with Gasteiger partial charge in [-0.2, -0.15) is 0 Å². The number of amides is 1. The van der Waals surface area contributed by atoms with E-state index in [1.54, 1.807) is 12.2 Å². The minimum atomic E-state index is -0.122. The van der Waals surface area contributed by atoms with Crippen molar-refractivity contribution in [3.8, 4) is 0 Å². The molecule has 0 aromatic carbocycles. The Morgan fingerprint density at radius 2 is 2.31 bits per heavy atom. The van der Waals surface area contributed by atoms with Gasteiger partial charge in [-0.25, -0.2) is 0 Å². The molecule has 1 fully saturated rings. The van der Waals surface area contributed by atoms with Crippen molar-refractivity contribution < 1.29 is 9.53 Å². The third-order valence-electron chi connectivity index (χ3n) is 2.61. The number of ether oxygens (including phenoxy) is 1. The Labute approximate surface area is 96.5 Å². The molecule has 0 aromatic heterocycles. The minimum absolute atomic E-state index is 0.00983. The van der Waals surface area contributed by atoms with Crippen molar-refractivity contribution in [2.75, 3.05) is 6.61 Å². The Morgan fingerprint density at radius 1 is 1.56 bits per heavy atom.